The number of allylic oxidation sites excluding steroid dienone is 2. The summed E-state index contributed by atoms with van der Waals surface area (Å²) in [4.78, 5) is 0. The van der Waals surface area contributed by atoms with Gasteiger partial charge in [-0.25, -0.2) is 0 Å². The molecule has 0 N–H and O–H groups in total. The van der Waals surface area contributed by atoms with Gasteiger partial charge in [0.2, 0.25) is 0 Å². The Balaban J connectivity index is 2.00. The second-order valence-corrected chi connectivity index (χ2v) is 4.16. The van der Waals surface area contributed by atoms with E-state index in [0.717, 1.165) is 12.5 Å². The predicted molar refractivity (Wildman–Crippen MR) is 52.2 cm³/mol. The zero-order chi connectivity index (χ0) is 8.97. The van der Waals surface area contributed by atoms with E-state index in [-0.39, 0.29) is 0 Å². The molecule has 1 heteroatoms. The summed E-state index contributed by atoms with van der Waals surface area (Å²) in [6, 6.07) is 0. The maximum absolute atomic E-state index is 5.19. The molecule has 2 unspecified atom stereocenters. The Morgan fingerprint density at radius 1 is 1.58 bits per heavy atom. The number of hydrogen-bond acceptors (Lipinski definition) is 1. The lowest BCUT2D eigenvalue weighted by molar-refractivity contribution is 0.354. The third-order valence-corrected chi connectivity index (χ3v) is 2.28. The van der Waals surface area contributed by atoms with Crippen molar-refractivity contribution in [1.29, 1.82) is 0 Å². The van der Waals surface area contributed by atoms with Crippen LogP contribution >= 0.6 is 0 Å². The highest BCUT2D eigenvalue weighted by atomic mass is 16.6. The van der Waals surface area contributed by atoms with Crippen LogP contribution in [0.25, 0.3) is 0 Å². The van der Waals surface area contributed by atoms with Crippen molar-refractivity contribution in [2.24, 2.45) is 5.92 Å². The summed E-state index contributed by atoms with van der Waals surface area (Å²) >= 11 is 0. The minimum Gasteiger partial charge on any atom is -0.373 e. The van der Waals surface area contributed by atoms with Gasteiger partial charge in [0.1, 0.15) is 0 Å². The average molecular weight is 168 g/mol. The summed E-state index contributed by atoms with van der Waals surface area (Å²) < 4.78 is 5.19. The quantitative estimate of drug-likeness (QED) is 0.454. The highest BCUT2D eigenvalue weighted by molar-refractivity contribution is 4.92. The lowest BCUT2D eigenvalue weighted by Crippen LogP contribution is -1.98. The first kappa shape index (κ1) is 9.79. The molecular formula is C11H20O. The van der Waals surface area contributed by atoms with Gasteiger partial charge in [-0.1, -0.05) is 18.6 Å². The fraction of sp³-hybridized carbons (Fsp3) is 0.818. The van der Waals surface area contributed by atoms with Crippen LogP contribution in [0.3, 0.4) is 0 Å². The minimum absolute atomic E-state index is 0.603. The van der Waals surface area contributed by atoms with Crippen LogP contribution in [0.5, 0.6) is 0 Å². The smallest absolute Gasteiger partial charge is 0.0812 e. The highest BCUT2D eigenvalue weighted by Gasteiger charge is 2.24. The molecule has 2 atom stereocenters. The topological polar surface area (TPSA) is 12.5 Å². The zero-order valence-electron chi connectivity index (χ0n) is 8.47. The number of ether oxygens (including phenoxy) is 1. The van der Waals surface area contributed by atoms with E-state index in [9.17, 15) is 0 Å². The first-order valence-corrected chi connectivity index (χ1v) is 4.93. The second kappa shape index (κ2) is 4.66. The Morgan fingerprint density at radius 3 is 2.75 bits per heavy atom. The van der Waals surface area contributed by atoms with Crippen molar-refractivity contribution < 1.29 is 4.74 Å². The van der Waals surface area contributed by atoms with E-state index in [1.54, 1.807) is 0 Å². The summed E-state index contributed by atoms with van der Waals surface area (Å²) in [6.07, 6.45) is 6.73. The van der Waals surface area contributed by atoms with Crippen LogP contribution in [-0.4, -0.2) is 12.7 Å². The molecule has 0 amide bonds. The molecule has 1 heterocycles. The van der Waals surface area contributed by atoms with E-state index in [4.69, 9.17) is 4.74 Å². The first-order chi connectivity index (χ1) is 5.68. The van der Waals surface area contributed by atoms with E-state index in [1.807, 2.05) is 0 Å². The van der Waals surface area contributed by atoms with Crippen LogP contribution in [0.1, 0.15) is 40.0 Å². The molecule has 0 spiro atoms. The van der Waals surface area contributed by atoms with Crippen molar-refractivity contribution in [3.8, 4) is 0 Å². The van der Waals surface area contributed by atoms with E-state index in [0.29, 0.717) is 6.10 Å². The molecule has 0 aromatic heterocycles. The van der Waals surface area contributed by atoms with Crippen LogP contribution in [-0.2, 0) is 4.74 Å². The Bertz CT molecular complexity index is 152. The van der Waals surface area contributed by atoms with Gasteiger partial charge in [-0.2, -0.15) is 0 Å². The Hall–Kier alpha value is -0.300. The summed E-state index contributed by atoms with van der Waals surface area (Å²) in [7, 11) is 0. The van der Waals surface area contributed by atoms with Gasteiger partial charge in [-0.3, -0.25) is 0 Å². The largest absolute Gasteiger partial charge is 0.373 e. The van der Waals surface area contributed by atoms with Crippen molar-refractivity contribution in [2.45, 2.75) is 46.1 Å². The zero-order valence-corrected chi connectivity index (χ0v) is 8.47. The molecule has 1 saturated heterocycles. The van der Waals surface area contributed by atoms with Gasteiger partial charge in [-0.15, -0.1) is 0 Å². The molecule has 0 aromatic rings. The number of rotatable bonds is 5. The fourth-order valence-corrected chi connectivity index (χ4v) is 1.43. The SMILES string of the molecule is CC(C)=CCCC(C)CC1CO1. The Labute approximate surface area is 75.8 Å². The Morgan fingerprint density at radius 2 is 2.25 bits per heavy atom. The van der Waals surface area contributed by atoms with Crippen LogP contribution in [0.15, 0.2) is 11.6 Å². The number of epoxide rings is 1. The van der Waals surface area contributed by atoms with Crippen molar-refractivity contribution in [3.63, 3.8) is 0 Å². The van der Waals surface area contributed by atoms with E-state index < -0.39 is 0 Å². The van der Waals surface area contributed by atoms with Gasteiger partial charge in [0.05, 0.1) is 12.7 Å². The second-order valence-electron chi connectivity index (χ2n) is 4.16. The molecule has 0 aromatic carbocycles. The molecule has 1 aliphatic rings. The maximum Gasteiger partial charge on any atom is 0.0812 e. The lowest BCUT2D eigenvalue weighted by Gasteiger charge is -2.06. The average Bonchev–Trinajstić information content (AvgIpc) is 2.70. The maximum atomic E-state index is 5.19. The molecule has 70 valence electrons. The fourth-order valence-electron chi connectivity index (χ4n) is 1.43. The highest BCUT2D eigenvalue weighted by Crippen LogP contribution is 2.22. The summed E-state index contributed by atoms with van der Waals surface area (Å²) in [5.41, 5.74) is 1.44. The van der Waals surface area contributed by atoms with Crippen LogP contribution in [0.2, 0.25) is 0 Å². The van der Waals surface area contributed by atoms with Crippen molar-refractivity contribution >= 4 is 0 Å². The van der Waals surface area contributed by atoms with Crippen molar-refractivity contribution in [2.75, 3.05) is 6.61 Å². The Kier molecular flexibility index (Phi) is 3.80. The molecule has 0 saturated carbocycles. The molecule has 1 rings (SSSR count). The van der Waals surface area contributed by atoms with E-state index in [2.05, 4.69) is 26.8 Å². The standard InChI is InChI=1S/C11H20O/c1-9(2)5-4-6-10(3)7-11-8-12-11/h5,10-11H,4,6-8H2,1-3H3. The van der Waals surface area contributed by atoms with Gasteiger partial charge in [0, 0.05) is 0 Å². The van der Waals surface area contributed by atoms with Gasteiger partial charge >= 0.3 is 0 Å². The molecule has 0 aliphatic carbocycles. The summed E-state index contributed by atoms with van der Waals surface area (Å²) in [5, 5.41) is 0. The normalized spacial score (nSPS) is 23.4. The van der Waals surface area contributed by atoms with Gasteiger partial charge in [0.25, 0.3) is 0 Å². The molecular weight excluding hydrogens is 148 g/mol. The van der Waals surface area contributed by atoms with Crippen LogP contribution < -0.4 is 0 Å². The van der Waals surface area contributed by atoms with Gasteiger partial charge in [-0.05, 0) is 39.0 Å². The van der Waals surface area contributed by atoms with E-state index in [1.165, 1.54) is 24.8 Å². The molecule has 1 nitrogen and oxygen atoms in total. The monoisotopic (exact) mass is 168 g/mol. The van der Waals surface area contributed by atoms with Gasteiger partial charge in [0.15, 0.2) is 0 Å². The van der Waals surface area contributed by atoms with Gasteiger partial charge < -0.3 is 4.74 Å². The summed E-state index contributed by atoms with van der Waals surface area (Å²) in [6.45, 7) is 7.65. The molecule has 1 aliphatic heterocycles. The third-order valence-electron chi connectivity index (χ3n) is 2.28. The first-order valence-electron chi connectivity index (χ1n) is 4.93. The van der Waals surface area contributed by atoms with E-state index >= 15 is 0 Å². The van der Waals surface area contributed by atoms with Crippen LogP contribution in [0.4, 0.5) is 0 Å². The van der Waals surface area contributed by atoms with Crippen molar-refractivity contribution in [1.82, 2.24) is 0 Å². The van der Waals surface area contributed by atoms with Crippen molar-refractivity contribution in [3.05, 3.63) is 11.6 Å². The number of hydrogen-bond donors (Lipinski definition) is 0. The summed E-state index contributed by atoms with van der Waals surface area (Å²) in [5.74, 6) is 0.827. The van der Waals surface area contributed by atoms with Crippen LogP contribution in [0, 0.1) is 5.92 Å². The predicted octanol–water partition coefficient (Wildman–Crippen LogP) is 3.16. The molecule has 1 fully saturated rings. The minimum atomic E-state index is 0.603. The molecule has 0 bridgehead atoms. The lowest BCUT2D eigenvalue weighted by atomic mass is 9.99. The third kappa shape index (κ3) is 4.55. The molecule has 0 radical (unpaired) electrons. The molecule has 12 heavy (non-hydrogen) atoms.